The molecule has 1 aliphatic heterocycles. The van der Waals surface area contributed by atoms with Crippen LogP contribution in [0.3, 0.4) is 0 Å². The maximum atomic E-state index is 13.7. The number of halogens is 2. The molecule has 2 aromatic heterocycles. The number of carbonyl (C=O) groups is 1. The highest BCUT2D eigenvalue weighted by Gasteiger charge is 2.34. The van der Waals surface area contributed by atoms with Crippen LogP contribution in [0.15, 0.2) is 53.8 Å². The van der Waals surface area contributed by atoms with Crippen molar-refractivity contribution in [1.29, 1.82) is 0 Å². The van der Waals surface area contributed by atoms with E-state index in [9.17, 15) is 4.79 Å². The molecule has 1 aliphatic rings. The summed E-state index contributed by atoms with van der Waals surface area (Å²) < 4.78 is 0. The highest BCUT2D eigenvalue weighted by molar-refractivity contribution is 7.98. The molecule has 5 rings (SSSR count). The summed E-state index contributed by atoms with van der Waals surface area (Å²) in [5.74, 6) is 0.668. The lowest BCUT2D eigenvalue weighted by Crippen LogP contribution is -2.31. The van der Waals surface area contributed by atoms with Gasteiger partial charge in [-0.05, 0) is 49.4 Å². The molecule has 1 unspecified atom stereocenters. The van der Waals surface area contributed by atoms with Gasteiger partial charge in [0.25, 0.3) is 5.91 Å². The van der Waals surface area contributed by atoms with Crippen LogP contribution in [-0.4, -0.2) is 43.5 Å². The van der Waals surface area contributed by atoms with Gasteiger partial charge in [0.2, 0.25) is 0 Å². The van der Waals surface area contributed by atoms with Gasteiger partial charge in [-0.15, -0.1) is 11.8 Å². The molecule has 0 aliphatic carbocycles. The Bertz CT molecular complexity index is 1300. The Morgan fingerprint density at radius 3 is 2.81 bits per heavy atom. The van der Waals surface area contributed by atoms with E-state index in [-0.39, 0.29) is 11.9 Å². The van der Waals surface area contributed by atoms with Crippen molar-refractivity contribution in [2.75, 3.05) is 12.8 Å². The van der Waals surface area contributed by atoms with Crippen molar-refractivity contribution in [3.8, 4) is 11.3 Å². The molecule has 32 heavy (non-hydrogen) atoms. The number of aromatic amines is 1. The molecule has 1 amide bonds. The van der Waals surface area contributed by atoms with E-state index in [1.54, 1.807) is 36.2 Å². The van der Waals surface area contributed by atoms with Crippen LogP contribution in [0.4, 0.5) is 0 Å². The molecule has 0 spiro atoms. The number of H-pyrrole nitrogens is 1. The van der Waals surface area contributed by atoms with Crippen LogP contribution in [0.5, 0.6) is 0 Å². The lowest BCUT2D eigenvalue weighted by atomic mass is 10.1. The fraction of sp³-hybridized carbons (Fsp3) is 0.217. The van der Waals surface area contributed by atoms with Crippen molar-refractivity contribution in [3.05, 3.63) is 70.4 Å². The van der Waals surface area contributed by atoms with E-state index in [1.807, 2.05) is 23.3 Å². The number of imidazole rings is 1. The SMILES string of the molecule is CSc1cccc2[nH]c(C3CCCN3C(=O)c3cncnc3-c3cc(Cl)cc(Cl)c3)nc12. The van der Waals surface area contributed by atoms with Gasteiger partial charge in [-0.25, -0.2) is 15.0 Å². The number of carbonyl (C=O) groups excluding carboxylic acids is 1. The molecule has 2 aromatic carbocycles. The maximum Gasteiger partial charge on any atom is 0.258 e. The van der Waals surface area contributed by atoms with Gasteiger partial charge in [0.15, 0.2) is 0 Å². The van der Waals surface area contributed by atoms with Crippen LogP contribution >= 0.6 is 35.0 Å². The summed E-state index contributed by atoms with van der Waals surface area (Å²) in [5, 5.41) is 0.964. The van der Waals surface area contributed by atoms with Gasteiger partial charge in [-0.3, -0.25) is 4.79 Å². The Balaban J connectivity index is 1.53. The number of benzene rings is 2. The van der Waals surface area contributed by atoms with Gasteiger partial charge in [-0.2, -0.15) is 0 Å². The molecule has 0 radical (unpaired) electrons. The summed E-state index contributed by atoms with van der Waals surface area (Å²) in [6.45, 7) is 0.639. The van der Waals surface area contributed by atoms with Gasteiger partial charge in [0, 0.05) is 33.2 Å². The number of amides is 1. The number of hydrogen-bond acceptors (Lipinski definition) is 5. The second-order valence-corrected chi connectivity index (χ2v) is 9.30. The van der Waals surface area contributed by atoms with Crippen LogP contribution in [-0.2, 0) is 0 Å². The summed E-state index contributed by atoms with van der Waals surface area (Å²) in [6, 6.07) is 11.1. The van der Waals surface area contributed by atoms with Crippen molar-refractivity contribution in [3.63, 3.8) is 0 Å². The van der Waals surface area contributed by atoms with Crippen LogP contribution in [0, 0.1) is 0 Å². The molecule has 6 nitrogen and oxygen atoms in total. The number of hydrogen-bond donors (Lipinski definition) is 1. The molecule has 1 atom stereocenters. The number of fused-ring (bicyclic) bond motifs is 1. The number of thioether (sulfide) groups is 1. The first-order chi connectivity index (χ1) is 15.5. The number of nitrogens with one attached hydrogen (secondary N) is 1. The van der Waals surface area contributed by atoms with Gasteiger partial charge in [0.05, 0.1) is 22.8 Å². The summed E-state index contributed by atoms with van der Waals surface area (Å²) in [6.07, 6.45) is 6.75. The van der Waals surface area contributed by atoms with Gasteiger partial charge in [-0.1, -0.05) is 29.3 Å². The summed E-state index contributed by atoms with van der Waals surface area (Å²) in [5.41, 5.74) is 3.51. The smallest absolute Gasteiger partial charge is 0.258 e. The first-order valence-corrected chi connectivity index (χ1v) is 12.1. The van der Waals surface area contributed by atoms with Crippen LogP contribution < -0.4 is 0 Å². The second-order valence-electron chi connectivity index (χ2n) is 7.58. The molecule has 0 bridgehead atoms. The zero-order valence-electron chi connectivity index (χ0n) is 17.2. The number of para-hydroxylation sites is 1. The van der Waals surface area contributed by atoms with Gasteiger partial charge in [0.1, 0.15) is 17.7 Å². The van der Waals surface area contributed by atoms with E-state index in [2.05, 4.69) is 21.0 Å². The number of likely N-dealkylation sites (tertiary alicyclic amines) is 1. The van der Waals surface area contributed by atoms with E-state index in [0.29, 0.717) is 33.4 Å². The minimum absolute atomic E-state index is 0.134. The van der Waals surface area contributed by atoms with Gasteiger partial charge >= 0.3 is 0 Å². The molecular formula is C23H19Cl2N5OS. The predicted molar refractivity (Wildman–Crippen MR) is 128 cm³/mol. The molecule has 9 heteroatoms. The van der Waals surface area contributed by atoms with Crippen molar-refractivity contribution in [2.24, 2.45) is 0 Å². The van der Waals surface area contributed by atoms with E-state index < -0.39 is 0 Å². The lowest BCUT2D eigenvalue weighted by molar-refractivity contribution is 0.0730. The standard InChI is InChI=1S/C23H19Cl2N5OS/c1-32-19-6-2-4-17-21(19)29-22(28-17)18-5-3-7-30(18)23(31)16-11-26-12-27-20(16)13-8-14(24)10-15(25)9-13/h2,4,6,8-12,18H,3,5,7H2,1H3,(H,28,29). The first kappa shape index (κ1) is 21.2. The zero-order chi connectivity index (χ0) is 22.2. The Hall–Kier alpha value is -2.61. The second kappa shape index (κ2) is 8.73. The topological polar surface area (TPSA) is 74.8 Å². The van der Waals surface area contributed by atoms with E-state index in [1.165, 1.54) is 6.33 Å². The highest BCUT2D eigenvalue weighted by Crippen LogP contribution is 2.36. The average Bonchev–Trinajstić information content (AvgIpc) is 3.44. The van der Waals surface area contributed by atoms with Crippen molar-refractivity contribution in [1.82, 2.24) is 24.8 Å². The molecule has 4 aromatic rings. The van der Waals surface area contributed by atoms with Crippen LogP contribution in [0.2, 0.25) is 10.0 Å². The molecule has 3 heterocycles. The minimum Gasteiger partial charge on any atom is -0.340 e. The van der Waals surface area contributed by atoms with Crippen molar-refractivity contribution >= 4 is 51.9 Å². The minimum atomic E-state index is -0.138. The number of aromatic nitrogens is 4. The van der Waals surface area contributed by atoms with Crippen LogP contribution in [0.25, 0.3) is 22.3 Å². The van der Waals surface area contributed by atoms with E-state index >= 15 is 0 Å². The van der Waals surface area contributed by atoms with E-state index in [4.69, 9.17) is 28.2 Å². The molecular weight excluding hydrogens is 465 g/mol. The quantitative estimate of drug-likeness (QED) is 0.358. The third kappa shape index (κ3) is 3.85. The lowest BCUT2D eigenvalue weighted by Gasteiger charge is -2.24. The fourth-order valence-electron chi connectivity index (χ4n) is 4.20. The summed E-state index contributed by atoms with van der Waals surface area (Å²) >= 11 is 14.0. The average molecular weight is 484 g/mol. The fourth-order valence-corrected chi connectivity index (χ4v) is 5.29. The number of nitrogens with zero attached hydrogens (tertiary/aromatic N) is 4. The summed E-state index contributed by atoms with van der Waals surface area (Å²) in [7, 11) is 0. The summed E-state index contributed by atoms with van der Waals surface area (Å²) in [4.78, 5) is 33.4. The number of rotatable bonds is 4. The first-order valence-electron chi connectivity index (χ1n) is 10.1. The van der Waals surface area contributed by atoms with Crippen LogP contribution in [0.1, 0.15) is 35.1 Å². The van der Waals surface area contributed by atoms with E-state index in [0.717, 1.165) is 34.6 Å². The third-order valence-corrected chi connectivity index (χ3v) is 6.83. The molecule has 0 saturated carbocycles. The monoisotopic (exact) mass is 483 g/mol. The highest BCUT2D eigenvalue weighted by atomic mass is 35.5. The van der Waals surface area contributed by atoms with Crippen molar-refractivity contribution in [2.45, 2.75) is 23.8 Å². The normalized spacial score (nSPS) is 16.1. The largest absolute Gasteiger partial charge is 0.340 e. The Morgan fingerprint density at radius 1 is 1.22 bits per heavy atom. The molecule has 1 N–H and O–H groups in total. The van der Waals surface area contributed by atoms with Crippen molar-refractivity contribution < 1.29 is 4.79 Å². The maximum absolute atomic E-state index is 13.7. The Kier molecular flexibility index (Phi) is 5.80. The Labute approximate surface area is 199 Å². The Morgan fingerprint density at radius 2 is 2.03 bits per heavy atom. The van der Waals surface area contributed by atoms with Gasteiger partial charge < -0.3 is 9.88 Å². The molecule has 1 saturated heterocycles. The predicted octanol–water partition coefficient (Wildman–Crippen LogP) is 6.03. The third-order valence-electron chi connectivity index (χ3n) is 5.62. The zero-order valence-corrected chi connectivity index (χ0v) is 19.5. The molecule has 1 fully saturated rings. The molecule has 162 valence electrons.